The van der Waals surface area contributed by atoms with Crippen molar-refractivity contribution in [3.63, 3.8) is 0 Å². The molecule has 1 aliphatic rings. The molecule has 6 heteroatoms. The molecule has 4 rings (SSSR count). The molecular formula is C20H23N5O. The van der Waals surface area contributed by atoms with Crippen molar-refractivity contribution in [2.24, 2.45) is 0 Å². The molecule has 1 N–H and O–H groups in total. The SMILES string of the molecule is Cc1ccc(N2CCC[C@@H](NCc3ncc(-c4ccccc4)o3)C2)nn1. The van der Waals surface area contributed by atoms with Gasteiger partial charge < -0.3 is 14.6 Å². The zero-order valence-corrected chi connectivity index (χ0v) is 14.9. The molecule has 1 fully saturated rings. The van der Waals surface area contributed by atoms with Crippen molar-refractivity contribution >= 4 is 5.82 Å². The van der Waals surface area contributed by atoms with E-state index >= 15 is 0 Å². The molecule has 26 heavy (non-hydrogen) atoms. The normalized spacial score (nSPS) is 17.4. The van der Waals surface area contributed by atoms with Crippen LogP contribution in [0.5, 0.6) is 0 Å². The summed E-state index contributed by atoms with van der Waals surface area (Å²) in [6, 6.07) is 14.5. The van der Waals surface area contributed by atoms with Crippen LogP contribution < -0.4 is 10.2 Å². The molecule has 1 aliphatic heterocycles. The zero-order valence-electron chi connectivity index (χ0n) is 14.9. The fraction of sp³-hybridized carbons (Fsp3) is 0.350. The molecule has 0 aliphatic carbocycles. The van der Waals surface area contributed by atoms with E-state index in [4.69, 9.17) is 4.42 Å². The van der Waals surface area contributed by atoms with E-state index in [1.807, 2.05) is 49.4 Å². The predicted molar refractivity (Wildman–Crippen MR) is 101 cm³/mol. The Balaban J connectivity index is 1.34. The highest BCUT2D eigenvalue weighted by atomic mass is 16.4. The molecule has 2 aromatic heterocycles. The standard InChI is InChI=1S/C20H23N5O/c1-15-9-10-19(24-23-15)25-11-5-8-17(14-25)21-13-20-22-12-18(26-20)16-6-3-2-4-7-16/h2-4,6-7,9-10,12,17,21H,5,8,11,13-14H2,1H3/t17-/m1/s1. The minimum Gasteiger partial charge on any atom is -0.439 e. The lowest BCUT2D eigenvalue weighted by Gasteiger charge is -2.33. The summed E-state index contributed by atoms with van der Waals surface area (Å²) >= 11 is 0. The van der Waals surface area contributed by atoms with Gasteiger partial charge in [-0.3, -0.25) is 0 Å². The van der Waals surface area contributed by atoms with Gasteiger partial charge in [-0.05, 0) is 31.9 Å². The molecule has 3 heterocycles. The molecule has 0 radical (unpaired) electrons. The Morgan fingerprint density at radius 3 is 2.85 bits per heavy atom. The Kier molecular flexibility index (Phi) is 4.93. The van der Waals surface area contributed by atoms with E-state index in [2.05, 4.69) is 25.4 Å². The van der Waals surface area contributed by atoms with Gasteiger partial charge in [-0.15, -0.1) is 5.10 Å². The average Bonchev–Trinajstić information content (AvgIpc) is 3.17. The van der Waals surface area contributed by atoms with E-state index < -0.39 is 0 Å². The van der Waals surface area contributed by atoms with E-state index in [9.17, 15) is 0 Å². The summed E-state index contributed by atoms with van der Waals surface area (Å²) in [5, 5.41) is 12.0. The van der Waals surface area contributed by atoms with Gasteiger partial charge in [-0.1, -0.05) is 30.3 Å². The zero-order chi connectivity index (χ0) is 17.8. The van der Waals surface area contributed by atoms with Crippen molar-refractivity contribution in [2.45, 2.75) is 32.4 Å². The summed E-state index contributed by atoms with van der Waals surface area (Å²) in [6.07, 6.45) is 4.07. The first-order chi connectivity index (χ1) is 12.8. The smallest absolute Gasteiger partial charge is 0.208 e. The Labute approximate surface area is 153 Å². The van der Waals surface area contributed by atoms with Gasteiger partial charge in [0.15, 0.2) is 11.6 Å². The summed E-state index contributed by atoms with van der Waals surface area (Å²) in [4.78, 5) is 6.69. The topological polar surface area (TPSA) is 67.1 Å². The third-order valence-electron chi connectivity index (χ3n) is 4.68. The number of nitrogens with zero attached hydrogens (tertiary/aromatic N) is 4. The Morgan fingerprint density at radius 2 is 2.04 bits per heavy atom. The second kappa shape index (κ2) is 7.66. The molecule has 0 spiro atoms. The van der Waals surface area contributed by atoms with Crippen LogP contribution in [0.1, 0.15) is 24.4 Å². The predicted octanol–water partition coefficient (Wildman–Crippen LogP) is 3.20. The van der Waals surface area contributed by atoms with Crippen molar-refractivity contribution in [2.75, 3.05) is 18.0 Å². The maximum Gasteiger partial charge on any atom is 0.208 e. The summed E-state index contributed by atoms with van der Waals surface area (Å²) < 4.78 is 5.88. The first-order valence-electron chi connectivity index (χ1n) is 9.07. The molecule has 134 valence electrons. The second-order valence-electron chi connectivity index (χ2n) is 6.68. The third kappa shape index (κ3) is 3.91. The monoisotopic (exact) mass is 349 g/mol. The highest BCUT2D eigenvalue weighted by Gasteiger charge is 2.21. The highest BCUT2D eigenvalue weighted by molar-refractivity contribution is 5.55. The van der Waals surface area contributed by atoms with Gasteiger partial charge in [-0.2, -0.15) is 5.10 Å². The first kappa shape index (κ1) is 16.7. The lowest BCUT2D eigenvalue weighted by Crippen LogP contribution is -2.45. The minimum atomic E-state index is 0.388. The molecule has 1 aromatic carbocycles. The molecular weight excluding hydrogens is 326 g/mol. The Bertz CT molecular complexity index is 831. The van der Waals surface area contributed by atoms with E-state index in [0.717, 1.165) is 54.7 Å². The number of rotatable bonds is 5. The fourth-order valence-corrected chi connectivity index (χ4v) is 3.27. The van der Waals surface area contributed by atoms with Crippen molar-refractivity contribution in [1.29, 1.82) is 0 Å². The molecule has 0 saturated carbocycles. The van der Waals surface area contributed by atoms with Crippen molar-refractivity contribution in [3.8, 4) is 11.3 Å². The van der Waals surface area contributed by atoms with Crippen molar-refractivity contribution < 1.29 is 4.42 Å². The van der Waals surface area contributed by atoms with Crippen LogP contribution in [0, 0.1) is 6.92 Å². The van der Waals surface area contributed by atoms with Crippen LogP contribution >= 0.6 is 0 Å². The number of anilines is 1. The summed E-state index contributed by atoms with van der Waals surface area (Å²) in [5.74, 6) is 2.48. The average molecular weight is 349 g/mol. The molecule has 1 saturated heterocycles. The molecule has 1 atom stereocenters. The number of hydrogen-bond acceptors (Lipinski definition) is 6. The lowest BCUT2D eigenvalue weighted by atomic mass is 10.1. The van der Waals surface area contributed by atoms with Crippen LogP contribution in [0.2, 0.25) is 0 Å². The van der Waals surface area contributed by atoms with Gasteiger partial charge in [0.25, 0.3) is 0 Å². The van der Waals surface area contributed by atoms with E-state index in [0.29, 0.717) is 12.6 Å². The molecule has 6 nitrogen and oxygen atoms in total. The van der Waals surface area contributed by atoms with Crippen molar-refractivity contribution in [1.82, 2.24) is 20.5 Å². The number of aromatic nitrogens is 3. The van der Waals surface area contributed by atoms with Crippen LogP contribution in [0.3, 0.4) is 0 Å². The molecule has 0 unspecified atom stereocenters. The van der Waals surface area contributed by atoms with Gasteiger partial charge >= 0.3 is 0 Å². The maximum absolute atomic E-state index is 5.88. The number of hydrogen-bond donors (Lipinski definition) is 1. The van der Waals surface area contributed by atoms with Crippen LogP contribution in [0.25, 0.3) is 11.3 Å². The van der Waals surface area contributed by atoms with Crippen LogP contribution in [0.15, 0.2) is 53.1 Å². The maximum atomic E-state index is 5.88. The van der Waals surface area contributed by atoms with Gasteiger partial charge in [-0.25, -0.2) is 4.98 Å². The van der Waals surface area contributed by atoms with E-state index in [1.165, 1.54) is 0 Å². The number of oxazole rings is 1. The Morgan fingerprint density at radius 1 is 1.15 bits per heavy atom. The number of benzene rings is 1. The van der Waals surface area contributed by atoms with E-state index in [1.54, 1.807) is 6.20 Å². The number of nitrogens with one attached hydrogen (secondary N) is 1. The van der Waals surface area contributed by atoms with Gasteiger partial charge in [0.2, 0.25) is 5.89 Å². The van der Waals surface area contributed by atoms with Crippen LogP contribution in [-0.2, 0) is 6.54 Å². The highest BCUT2D eigenvalue weighted by Crippen LogP contribution is 2.21. The fourth-order valence-electron chi connectivity index (χ4n) is 3.27. The van der Waals surface area contributed by atoms with Crippen molar-refractivity contribution in [3.05, 3.63) is 60.2 Å². The largest absolute Gasteiger partial charge is 0.439 e. The van der Waals surface area contributed by atoms with Crippen LogP contribution in [0.4, 0.5) is 5.82 Å². The van der Waals surface area contributed by atoms with E-state index in [-0.39, 0.29) is 0 Å². The quantitative estimate of drug-likeness (QED) is 0.763. The summed E-state index contributed by atoms with van der Waals surface area (Å²) in [6.45, 7) is 4.53. The second-order valence-corrected chi connectivity index (χ2v) is 6.68. The summed E-state index contributed by atoms with van der Waals surface area (Å²) in [5.41, 5.74) is 1.99. The minimum absolute atomic E-state index is 0.388. The molecule has 0 amide bonds. The lowest BCUT2D eigenvalue weighted by molar-refractivity contribution is 0.390. The third-order valence-corrected chi connectivity index (χ3v) is 4.68. The molecule has 3 aromatic rings. The first-order valence-corrected chi connectivity index (χ1v) is 9.07. The van der Waals surface area contributed by atoms with Gasteiger partial charge in [0.1, 0.15) is 0 Å². The number of aryl methyl sites for hydroxylation is 1. The van der Waals surface area contributed by atoms with Gasteiger partial charge in [0.05, 0.1) is 18.4 Å². The Hall–Kier alpha value is -2.73. The van der Waals surface area contributed by atoms with Gasteiger partial charge in [0, 0.05) is 24.7 Å². The molecule has 0 bridgehead atoms. The summed E-state index contributed by atoms with van der Waals surface area (Å²) in [7, 11) is 0. The number of piperidine rings is 1. The van der Waals surface area contributed by atoms with Crippen LogP contribution in [-0.4, -0.2) is 34.3 Å².